The largest absolute Gasteiger partial charge is 0.469 e. The molecule has 1 unspecified atom stereocenters. The predicted molar refractivity (Wildman–Crippen MR) is 86.5 cm³/mol. The molecule has 120 valence electrons. The van der Waals surface area contributed by atoms with Crippen LogP contribution in [0.5, 0.6) is 0 Å². The molecule has 1 aromatic carbocycles. The summed E-state index contributed by atoms with van der Waals surface area (Å²) in [4.78, 5) is 25.5. The summed E-state index contributed by atoms with van der Waals surface area (Å²) in [6, 6.07) is 10.6. The summed E-state index contributed by atoms with van der Waals surface area (Å²) in [6.45, 7) is 3.22. The summed E-state index contributed by atoms with van der Waals surface area (Å²) in [6.07, 6.45) is 2.27. The molecule has 1 aromatic heterocycles. The van der Waals surface area contributed by atoms with E-state index in [9.17, 15) is 9.59 Å². The highest BCUT2D eigenvalue weighted by atomic mass is 16.3. The minimum absolute atomic E-state index is 0.0299. The highest BCUT2D eigenvalue weighted by molar-refractivity contribution is 5.97. The molecule has 2 aromatic rings. The van der Waals surface area contributed by atoms with E-state index in [1.807, 2.05) is 19.1 Å². The Balaban J connectivity index is 1.60. The molecule has 6 nitrogen and oxygen atoms in total. The molecule has 0 bridgehead atoms. The normalized spacial score (nSPS) is 15.3. The van der Waals surface area contributed by atoms with E-state index < -0.39 is 0 Å². The molecule has 1 atom stereocenters. The molecule has 2 heterocycles. The lowest BCUT2D eigenvalue weighted by atomic mass is 10.1. The van der Waals surface area contributed by atoms with Crippen LogP contribution in [0.2, 0.25) is 0 Å². The number of hydrogen-bond donors (Lipinski definition) is 2. The molecular weight excluding hydrogens is 294 g/mol. The number of urea groups is 1. The first-order chi connectivity index (χ1) is 11.1. The SMILES string of the molecule is CC(Cc1ccco1)NC(=O)c1ccc(N2CCNC2=O)cc1. The minimum atomic E-state index is -0.138. The molecule has 3 amide bonds. The Bertz CT molecular complexity index is 680. The van der Waals surface area contributed by atoms with Gasteiger partial charge in [-0.15, -0.1) is 0 Å². The van der Waals surface area contributed by atoms with Crippen molar-refractivity contribution in [1.82, 2.24) is 10.6 Å². The average Bonchev–Trinajstić information content (AvgIpc) is 3.19. The smallest absolute Gasteiger partial charge is 0.321 e. The predicted octanol–water partition coefficient (Wildman–Crippen LogP) is 2.17. The molecule has 1 aliphatic heterocycles. The van der Waals surface area contributed by atoms with Gasteiger partial charge in [-0.05, 0) is 43.3 Å². The van der Waals surface area contributed by atoms with Crippen molar-refractivity contribution < 1.29 is 14.0 Å². The van der Waals surface area contributed by atoms with Crippen LogP contribution < -0.4 is 15.5 Å². The fourth-order valence-electron chi connectivity index (χ4n) is 2.60. The van der Waals surface area contributed by atoms with E-state index in [4.69, 9.17) is 4.42 Å². The second-order valence-corrected chi connectivity index (χ2v) is 5.59. The highest BCUT2D eigenvalue weighted by Gasteiger charge is 2.21. The Morgan fingerprint density at radius 2 is 2.13 bits per heavy atom. The van der Waals surface area contributed by atoms with Gasteiger partial charge >= 0.3 is 6.03 Å². The van der Waals surface area contributed by atoms with Crippen LogP contribution in [0.25, 0.3) is 0 Å². The number of hydrogen-bond acceptors (Lipinski definition) is 3. The molecule has 1 aliphatic rings. The quantitative estimate of drug-likeness (QED) is 0.888. The van der Waals surface area contributed by atoms with Crippen LogP contribution in [-0.4, -0.2) is 31.1 Å². The number of carbonyl (C=O) groups is 2. The Hall–Kier alpha value is -2.76. The van der Waals surface area contributed by atoms with E-state index in [1.54, 1.807) is 35.4 Å². The van der Waals surface area contributed by atoms with E-state index in [2.05, 4.69) is 10.6 Å². The van der Waals surface area contributed by atoms with E-state index in [0.717, 1.165) is 11.4 Å². The molecule has 6 heteroatoms. The Labute approximate surface area is 134 Å². The number of nitrogens with zero attached hydrogens (tertiary/aromatic N) is 1. The molecule has 2 N–H and O–H groups in total. The van der Waals surface area contributed by atoms with Crippen LogP contribution in [0.1, 0.15) is 23.0 Å². The van der Waals surface area contributed by atoms with Gasteiger partial charge in [0.25, 0.3) is 5.91 Å². The maximum Gasteiger partial charge on any atom is 0.321 e. The zero-order valence-corrected chi connectivity index (χ0v) is 12.9. The number of furan rings is 1. The van der Waals surface area contributed by atoms with Gasteiger partial charge in [0.1, 0.15) is 5.76 Å². The lowest BCUT2D eigenvalue weighted by molar-refractivity contribution is 0.0939. The molecule has 3 rings (SSSR count). The van der Waals surface area contributed by atoms with Crippen molar-refractivity contribution in [3.05, 3.63) is 54.0 Å². The summed E-state index contributed by atoms with van der Waals surface area (Å²) in [7, 11) is 0. The lowest BCUT2D eigenvalue weighted by Crippen LogP contribution is -2.34. The second-order valence-electron chi connectivity index (χ2n) is 5.59. The maximum atomic E-state index is 12.2. The molecule has 1 saturated heterocycles. The lowest BCUT2D eigenvalue weighted by Gasteiger charge is -2.15. The van der Waals surface area contributed by atoms with Gasteiger partial charge in [0, 0.05) is 36.8 Å². The summed E-state index contributed by atoms with van der Waals surface area (Å²) in [5.41, 5.74) is 1.36. The molecule has 0 saturated carbocycles. The Morgan fingerprint density at radius 1 is 1.35 bits per heavy atom. The summed E-state index contributed by atoms with van der Waals surface area (Å²) >= 11 is 0. The van der Waals surface area contributed by atoms with Gasteiger partial charge in [0.15, 0.2) is 0 Å². The van der Waals surface area contributed by atoms with Crippen molar-refractivity contribution >= 4 is 17.6 Å². The van der Waals surface area contributed by atoms with Gasteiger partial charge < -0.3 is 15.1 Å². The van der Waals surface area contributed by atoms with Crippen molar-refractivity contribution in [3.8, 4) is 0 Å². The van der Waals surface area contributed by atoms with E-state index in [0.29, 0.717) is 25.1 Å². The van der Waals surface area contributed by atoms with Crippen LogP contribution in [0.4, 0.5) is 10.5 Å². The number of rotatable bonds is 5. The molecule has 1 fully saturated rings. The van der Waals surface area contributed by atoms with Crippen LogP contribution in [0.3, 0.4) is 0 Å². The third-order valence-electron chi connectivity index (χ3n) is 3.76. The maximum absolute atomic E-state index is 12.2. The molecular formula is C17H19N3O3. The Morgan fingerprint density at radius 3 is 2.74 bits per heavy atom. The van der Waals surface area contributed by atoms with E-state index in [1.165, 1.54) is 0 Å². The van der Waals surface area contributed by atoms with Gasteiger partial charge in [-0.1, -0.05) is 0 Å². The van der Waals surface area contributed by atoms with Crippen LogP contribution in [-0.2, 0) is 6.42 Å². The van der Waals surface area contributed by atoms with Gasteiger partial charge in [-0.2, -0.15) is 0 Å². The van der Waals surface area contributed by atoms with Crippen LogP contribution >= 0.6 is 0 Å². The zero-order valence-electron chi connectivity index (χ0n) is 12.9. The van der Waals surface area contributed by atoms with Crippen molar-refractivity contribution in [2.45, 2.75) is 19.4 Å². The zero-order chi connectivity index (χ0) is 16.2. The van der Waals surface area contributed by atoms with Crippen molar-refractivity contribution in [3.63, 3.8) is 0 Å². The molecule has 23 heavy (non-hydrogen) atoms. The van der Waals surface area contributed by atoms with Crippen molar-refractivity contribution in [2.75, 3.05) is 18.0 Å². The van der Waals surface area contributed by atoms with E-state index in [-0.39, 0.29) is 18.0 Å². The van der Waals surface area contributed by atoms with Gasteiger partial charge in [0.2, 0.25) is 0 Å². The third-order valence-corrected chi connectivity index (χ3v) is 3.76. The first-order valence-electron chi connectivity index (χ1n) is 7.62. The second kappa shape index (κ2) is 6.56. The molecule has 0 radical (unpaired) electrons. The number of nitrogens with one attached hydrogen (secondary N) is 2. The van der Waals surface area contributed by atoms with Crippen LogP contribution in [0, 0.1) is 0 Å². The number of anilines is 1. The standard InChI is InChI=1S/C17H19N3O3/c1-12(11-15-3-2-10-23-15)19-16(21)13-4-6-14(7-5-13)20-9-8-18-17(20)22/h2-7,10,12H,8-9,11H2,1H3,(H,18,22)(H,19,21). The van der Waals surface area contributed by atoms with Gasteiger partial charge in [-0.25, -0.2) is 4.79 Å². The van der Waals surface area contributed by atoms with Crippen molar-refractivity contribution in [1.29, 1.82) is 0 Å². The molecule has 0 spiro atoms. The monoisotopic (exact) mass is 313 g/mol. The van der Waals surface area contributed by atoms with Crippen LogP contribution in [0.15, 0.2) is 47.1 Å². The van der Waals surface area contributed by atoms with E-state index >= 15 is 0 Å². The summed E-state index contributed by atoms with van der Waals surface area (Å²) in [5.74, 6) is 0.703. The average molecular weight is 313 g/mol. The third kappa shape index (κ3) is 3.53. The highest BCUT2D eigenvalue weighted by Crippen LogP contribution is 2.17. The topological polar surface area (TPSA) is 74.6 Å². The number of amides is 3. The summed E-state index contributed by atoms with van der Waals surface area (Å²) in [5, 5.41) is 5.69. The van der Waals surface area contributed by atoms with Crippen molar-refractivity contribution in [2.24, 2.45) is 0 Å². The fraction of sp³-hybridized carbons (Fsp3) is 0.294. The van der Waals surface area contributed by atoms with Gasteiger partial charge in [-0.3, -0.25) is 9.69 Å². The number of carbonyl (C=O) groups excluding carboxylic acids is 2. The Kier molecular flexibility index (Phi) is 4.32. The fourth-order valence-corrected chi connectivity index (χ4v) is 2.60. The first kappa shape index (κ1) is 15.1. The number of benzene rings is 1. The minimum Gasteiger partial charge on any atom is -0.469 e. The molecule has 0 aliphatic carbocycles. The summed E-state index contributed by atoms with van der Waals surface area (Å²) < 4.78 is 5.28. The first-order valence-corrected chi connectivity index (χ1v) is 7.62. The van der Waals surface area contributed by atoms with Gasteiger partial charge in [0.05, 0.1) is 6.26 Å².